The predicted octanol–water partition coefficient (Wildman–Crippen LogP) is 3.25. The van der Waals surface area contributed by atoms with Crippen molar-refractivity contribution < 1.29 is 4.79 Å². The summed E-state index contributed by atoms with van der Waals surface area (Å²) in [5, 5.41) is 6.57. The highest BCUT2D eigenvalue weighted by Crippen LogP contribution is 2.38. The minimum absolute atomic E-state index is 0.120. The number of carbonyl (C=O) groups excluding carboxylic acids is 1. The van der Waals surface area contributed by atoms with Gasteiger partial charge in [0, 0.05) is 17.9 Å². The van der Waals surface area contributed by atoms with Gasteiger partial charge >= 0.3 is 0 Å². The molecule has 2 fully saturated rings. The summed E-state index contributed by atoms with van der Waals surface area (Å²) >= 11 is 0. The molecular weight excluding hydrogens is 284 g/mol. The van der Waals surface area contributed by atoms with E-state index in [0.29, 0.717) is 5.92 Å². The van der Waals surface area contributed by atoms with Crippen LogP contribution in [0, 0.1) is 11.8 Å². The summed E-state index contributed by atoms with van der Waals surface area (Å²) in [7, 11) is 0. The average Bonchev–Trinajstić information content (AvgIpc) is 2.78. The third kappa shape index (κ3) is 3.77. The van der Waals surface area contributed by atoms with Crippen LogP contribution in [0.2, 0.25) is 0 Å². The monoisotopic (exact) mass is 314 g/mol. The highest BCUT2D eigenvalue weighted by molar-refractivity contribution is 5.78. The number of rotatable bonds is 5. The van der Waals surface area contributed by atoms with Gasteiger partial charge in [0.15, 0.2) is 0 Å². The van der Waals surface area contributed by atoms with Gasteiger partial charge in [-0.05, 0) is 37.4 Å². The van der Waals surface area contributed by atoms with E-state index in [1.54, 1.807) is 0 Å². The number of hydrogen-bond donors (Lipinski definition) is 2. The highest BCUT2D eigenvalue weighted by atomic mass is 16.1. The summed E-state index contributed by atoms with van der Waals surface area (Å²) in [6.45, 7) is 4.83. The fourth-order valence-electron chi connectivity index (χ4n) is 4.06. The van der Waals surface area contributed by atoms with E-state index in [1.165, 1.54) is 44.1 Å². The van der Waals surface area contributed by atoms with E-state index in [9.17, 15) is 4.79 Å². The predicted molar refractivity (Wildman–Crippen MR) is 94.4 cm³/mol. The molecule has 1 aromatic rings. The average molecular weight is 314 g/mol. The quantitative estimate of drug-likeness (QED) is 0.819. The Hall–Kier alpha value is -1.35. The van der Waals surface area contributed by atoms with E-state index in [1.807, 2.05) is 0 Å². The van der Waals surface area contributed by atoms with Crippen LogP contribution in [0.15, 0.2) is 30.3 Å². The lowest BCUT2D eigenvalue weighted by Crippen LogP contribution is -2.51. The Kier molecular flexibility index (Phi) is 5.37. The van der Waals surface area contributed by atoms with E-state index in [-0.39, 0.29) is 17.2 Å². The van der Waals surface area contributed by atoms with E-state index < -0.39 is 0 Å². The maximum absolute atomic E-state index is 12.5. The Labute approximate surface area is 140 Å². The lowest BCUT2D eigenvalue weighted by atomic mass is 9.74. The first-order valence-corrected chi connectivity index (χ1v) is 9.25. The van der Waals surface area contributed by atoms with E-state index >= 15 is 0 Å². The molecule has 1 heterocycles. The molecule has 3 nitrogen and oxygen atoms in total. The molecule has 0 spiro atoms. The van der Waals surface area contributed by atoms with Gasteiger partial charge in [0.1, 0.15) is 0 Å². The van der Waals surface area contributed by atoms with Crippen LogP contribution in [-0.4, -0.2) is 25.5 Å². The first-order valence-electron chi connectivity index (χ1n) is 9.25. The smallest absolute Gasteiger partial charge is 0.223 e. The van der Waals surface area contributed by atoms with Crippen molar-refractivity contribution in [2.45, 2.75) is 50.9 Å². The molecule has 3 rings (SSSR count). The van der Waals surface area contributed by atoms with Gasteiger partial charge in [-0.2, -0.15) is 0 Å². The molecule has 1 unspecified atom stereocenters. The van der Waals surface area contributed by atoms with Gasteiger partial charge in [-0.1, -0.05) is 62.9 Å². The van der Waals surface area contributed by atoms with Crippen LogP contribution < -0.4 is 10.6 Å². The fraction of sp³-hybridized carbons (Fsp3) is 0.650. The van der Waals surface area contributed by atoms with Crippen molar-refractivity contribution in [3.05, 3.63) is 35.9 Å². The molecule has 1 aliphatic heterocycles. The van der Waals surface area contributed by atoms with Crippen LogP contribution in [-0.2, 0) is 10.2 Å². The van der Waals surface area contributed by atoms with E-state index in [0.717, 1.165) is 19.6 Å². The summed E-state index contributed by atoms with van der Waals surface area (Å²) < 4.78 is 0. The van der Waals surface area contributed by atoms with E-state index in [2.05, 4.69) is 47.9 Å². The summed E-state index contributed by atoms with van der Waals surface area (Å²) in [5.41, 5.74) is 1.53. The Bertz CT molecular complexity index is 502. The normalized spacial score (nSPS) is 22.7. The number of carbonyl (C=O) groups is 1. The van der Waals surface area contributed by atoms with Gasteiger partial charge in [-0.25, -0.2) is 0 Å². The minimum atomic E-state index is 0.120. The Balaban J connectivity index is 1.69. The van der Waals surface area contributed by atoms with Crippen LogP contribution in [0.4, 0.5) is 0 Å². The zero-order valence-corrected chi connectivity index (χ0v) is 14.3. The number of hydrogen-bond acceptors (Lipinski definition) is 2. The highest BCUT2D eigenvalue weighted by Gasteiger charge is 2.35. The number of amides is 1. The second kappa shape index (κ2) is 7.48. The third-order valence-electron chi connectivity index (χ3n) is 5.98. The van der Waals surface area contributed by atoms with Crippen LogP contribution in [0.1, 0.15) is 51.0 Å². The molecule has 0 aromatic heterocycles. The Morgan fingerprint density at radius 2 is 1.83 bits per heavy atom. The molecule has 2 aliphatic rings. The molecule has 0 radical (unpaired) electrons. The van der Waals surface area contributed by atoms with Gasteiger partial charge in [0.05, 0.1) is 0 Å². The standard InChI is InChI=1S/C20H30N2O/c1-16(17-13-21-14-17)19(23)22-15-20(11-7-2-3-8-12-20)18-9-5-4-6-10-18/h4-6,9-10,16-17,21H,2-3,7-8,11-15H2,1H3,(H,22,23). The first-order chi connectivity index (χ1) is 11.2. The van der Waals surface area contributed by atoms with Crippen LogP contribution >= 0.6 is 0 Å². The topological polar surface area (TPSA) is 41.1 Å². The summed E-state index contributed by atoms with van der Waals surface area (Å²) in [6.07, 6.45) is 7.58. The summed E-state index contributed by atoms with van der Waals surface area (Å²) in [5.74, 6) is 0.864. The van der Waals surface area contributed by atoms with Crippen molar-refractivity contribution in [1.82, 2.24) is 10.6 Å². The van der Waals surface area contributed by atoms with Crippen molar-refractivity contribution in [2.24, 2.45) is 11.8 Å². The molecule has 0 bridgehead atoms. The fourth-order valence-corrected chi connectivity index (χ4v) is 4.06. The largest absolute Gasteiger partial charge is 0.355 e. The summed E-state index contributed by atoms with van der Waals surface area (Å²) in [4.78, 5) is 12.5. The van der Waals surface area contributed by atoms with Crippen LogP contribution in [0.25, 0.3) is 0 Å². The Morgan fingerprint density at radius 1 is 1.17 bits per heavy atom. The maximum Gasteiger partial charge on any atom is 0.223 e. The molecule has 2 N–H and O–H groups in total. The van der Waals surface area contributed by atoms with Gasteiger partial charge in [0.2, 0.25) is 5.91 Å². The van der Waals surface area contributed by atoms with Crippen LogP contribution in [0.3, 0.4) is 0 Å². The minimum Gasteiger partial charge on any atom is -0.355 e. The second-order valence-electron chi connectivity index (χ2n) is 7.49. The molecular formula is C20H30N2O. The molecule has 1 aliphatic carbocycles. The lowest BCUT2D eigenvalue weighted by Gasteiger charge is -2.36. The third-order valence-corrected chi connectivity index (χ3v) is 5.98. The molecule has 1 saturated heterocycles. The second-order valence-corrected chi connectivity index (χ2v) is 7.49. The number of benzene rings is 1. The maximum atomic E-state index is 12.5. The molecule has 1 aromatic carbocycles. The zero-order chi connectivity index (χ0) is 16.1. The van der Waals surface area contributed by atoms with Gasteiger partial charge in [-0.15, -0.1) is 0 Å². The van der Waals surface area contributed by atoms with Crippen molar-refractivity contribution in [3.8, 4) is 0 Å². The molecule has 23 heavy (non-hydrogen) atoms. The molecule has 1 amide bonds. The first kappa shape index (κ1) is 16.5. The van der Waals surface area contributed by atoms with Crippen LogP contribution in [0.5, 0.6) is 0 Å². The van der Waals surface area contributed by atoms with Crippen molar-refractivity contribution >= 4 is 5.91 Å². The Morgan fingerprint density at radius 3 is 2.39 bits per heavy atom. The molecule has 3 heteroatoms. The molecule has 1 saturated carbocycles. The number of nitrogens with one attached hydrogen (secondary N) is 2. The van der Waals surface area contributed by atoms with Crippen molar-refractivity contribution in [3.63, 3.8) is 0 Å². The van der Waals surface area contributed by atoms with Crippen molar-refractivity contribution in [2.75, 3.05) is 19.6 Å². The van der Waals surface area contributed by atoms with Crippen molar-refractivity contribution in [1.29, 1.82) is 0 Å². The van der Waals surface area contributed by atoms with Gasteiger partial charge in [-0.3, -0.25) is 4.79 Å². The summed E-state index contributed by atoms with van der Waals surface area (Å²) in [6, 6.07) is 10.8. The van der Waals surface area contributed by atoms with Gasteiger partial charge < -0.3 is 10.6 Å². The lowest BCUT2D eigenvalue weighted by molar-refractivity contribution is -0.127. The van der Waals surface area contributed by atoms with E-state index in [4.69, 9.17) is 0 Å². The zero-order valence-electron chi connectivity index (χ0n) is 14.3. The molecule has 126 valence electrons. The molecule has 1 atom stereocenters. The van der Waals surface area contributed by atoms with Gasteiger partial charge in [0.25, 0.3) is 0 Å². The SMILES string of the molecule is CC(C(=O)NCC1(c2ccccc2)CCCCCC1)C1CNC1.